The summed E-state index contributed by atoms with van der Waals surface area (Å²) >= 11 is 0. The number of fused-ring (bicyclic) bond motifs is 1. The molecule has 0 aliphatic carbocycles. The highest BCUT2D eigenvalue weighted by Gasteiger charge is 2.25. The Bertz CT molecular complexity index is 1900. The first-order valence-electron chi connectivity index (χ1n) is 13.3. The van der Waals surface area contributed by atoms with Crippen molar-refractivity contribution < 1.29 is 9.67 Å². The summed E-state index contributed by atoms with van der Waals surface area (Å²) in [6, 6.07) is 49.2. The second-order valence-electron chi connectivity index (χ2n) is 9.68. The molecule has 0 unspecified atom stereocenters. The van der Waals surface area contributed by atoms with Crippen molar-refractivity contribution in [3.05, 3.63) is 152 Å². The molecule has 7 rings (SSSR count). The normalized spacial score (nSPS) is 11.1. The summed E-state index contributed by atoms with van der Waals surface area (Å²) in [6.45, 7) is 0. The van der Waals surface area contributed by atoms with E-state index in [0.29, 0.717) is 5.56 Å². The number of benzene rings is 5. The maximum atomic E-state index is 10.5. The van der Waals surface area contributed by atoms with Crippen LogP contribution in [0.1, 0.15) is 0 Å². The second-order valence-corrected chi connectivity index (χ2v) is 9.68. The molecule has 0 saturated heterocycles. The standard InChI is InChI=1S/C36H25N3O/c40-34-23-10-7-17-30(34)31-20-12-24-35(37-31)38-25-39(33-22-9-8-21-32(33)38)36-28(26-13-3-1-4-14-26)18-11-19-29(36)27-15-5-2-6-16-27/h1-25H/p+1. The minimum absolute atomic E-state index is 0.212. The van der Waals surface area contributed by atoms with Crippen LogP contribution in [0.5, 0.6) is 5.75 Å². The third-order valence-corrected chi connectivity index (χ3v) is 7.24. The summed E-state index contributed by atoms with van der Waals surface area (Å²) in [4.78, 5) is 4.98. The predicted molar refractivity (Wildman–Crippen MR) is 161 cm³/mol. The molecule has 0 saturated carbocycles. The van der Waals surface area contributed by atoms with Crippen molar-refractivity contribution in [1.82, 2.24) is 9.55 Å². The molecule has 0 aliphatic heterocycles. The van der Waals surface area contributed by atoms with Crippen molar-refractivity contribution in [2.45, 2.75) is 0 Å². The van der Waals surface area contributed by atoms with Gasteiger partial charge >= 0.3 is 0 Å². The van der Waals surface area contributed by atoms with E-state index in [4.69, 9.17) is 4.98 Å². The van der Waals surface area contributed by atoms with Crippen LogP contribution in [0.2, 0.25) is 0 Å². The fourth-order valence-electron chi connectivity index (χ4n) is 5.37. The minimum Gasteiger partial charge on any atom is -0.507 e. The van der Waals surface area contributed by atoms with Gasteiger partial charge in [-0.3, -0.25) is 0 Å². The van der Waals surface area contributed by atoms with Gasteiger partial charge in [0.25, 0.3) is 6.33 Å². The van der Waals surface area contributed by atoms with Gasteiger partial charge in [0.1, 0.15) is 11.4 Å². The number of phenolic OH excluding ortho intramolecular Hbond substituents is 1. The third-order valence-electron chi connectivity index (χ3n) is 7.24. The molecule has 2 heterocycles. The zero-order chi connectivity index (χ0) is 26.9. The first-order valence-corrected chi connectivity index (χ1v) is 13.3. The predicted octanol–water partition coefficient (Wildman–Crippen LogP) is 8.01. The van der Waals surface area contributed by atoms with Gasteiger partial charge in [-0.1, -0.05) is 109 Å². The molecule has 190 valence electrons. The summed E-state index contributed by atoms with van der Waals surface area (Å²) in [7, 11) is 0. The van der Waals surface area contributed by atoms with Crippen molar-refractivity contribution >= 4 is 11.0 Å². The Morgan fingerprint density at radius 2 is 1.10 bits per heavy atom. The van der Waals surface area contributed by atoms with E-state index in [1.165, 1.54) is 0 Å². The smallest absolute Gasteiger partial charge is 0.256 e. The maximum Gasteiger partial charge on any atom is 0.256 e. The Morgan fingerprint density at radius 3 is 1.80 bits per heavy atom. The molecule has 4 heteroatoms. The monoisotopic (exact) mass is 516 g/mol. The van der Waals surface area contributed by atoms with Crippen LogP contribution in [0, 0.1) is 0 Å². The molecular weight excluding hydrogens is 490 g/mol. The SMILES string of the molecule is Oc1ccccc1-c1cccc(-n2c[n+](-c3c(-c4ccccc4)cccc3-c3ccccc3)c3ccccc32)n1. The molecule has 4 nitrogen and oxygen atoms in total. The lowest BCUT2D eigenvalue weighted by molar-refractivity contribution is -0.566. The summed E-state index contributed by atoms with van der Waals surface area (Å²) < 4.78 is 4.39. The number of pyridine rings is 1. The maximum absolute atomic E-state index is 10.5. The van der Waals surface area contributed by atoms with Crippen LogP contribution in [0.3, 0.4) is 0 Å². The Hall–Kier alpha value is -5.48. The van der Waals surface area contributed by atoms with Gasteiger partial charge in [0.2, 0.25) is 5.82 Å². The van der Waals surface area contributed by atoms with Gasteiger partial charge in [-0.15, -0.1) is 0 Å². The van der Waals surface area contributed by atoms with Crippen LogP contribution in [0.25, 0.3) is 56.0 Å². The lowest BCUT2D eigenvalue weighted by Gasteiger charge is -2.13. The minimum atomic E-state index is 0.212. The van der Waals surface area contributed by atoms with E-state index in [2.05, 4.69) is 106 Å². The van der Waals surface area contributed by atoms with E-state index in [9.17, 15) is 5.11 Å². The van der Waals surface area contributed by atoms with Crippen LogP contribution >= 0.6 is 0 Å². The first kappa shape index (κ1) is 23.6. The van der Waals surface area contributed by atoms with Crippen molar-refractivity contribution in [3.8, 4) is 50.8 Å². The fraction of sp³-hybridized carbons (Fsp3) is 0. The summed E-state index contributed by atoms with van der Waals surface area (Å²) in [5.41, 5.74) is 9.22. The fourth-order valence-corrected chi connectivity index (χ4v) is 5.37. The van der Waals surface area contributed by atoms with Gasteiger partial charge in [-0.2, -0.15) is 9.13 Å². The topological polar surface area (TPSA) is 41.9 Å². The zero-order valence-electron chi connectivity index (χ0n) is 21.7. The molecule has 2 aromatic heterocycles. The molecule has 0 fully saturated rings. The van der Waals surface area contributed by atoms with Crippen molar-refractivity contribution in [2.75, 3.05) is 0 Å². The summed E-state index contributed by atoms with van der Waals surface area (Å²) in [5.74, 6) is 0.984. The lowest BCUT2D eigenvalue weighted by Crippen LogP contribution is -2.31. The molecule has 40 heavy (non-hydrogen) atoms. The molecule has 0 radical (unpaired) electrons. The Balaban J connectivity index is 1.50. The number of imidazole rings is 1. The van der Waals surface area contributed by atoms with Gasteiger partial charge in [0.05, 0.1) is 5.69 Å². The average molecular weight is 517 g/mol. The largest absolute Gasteiger partial charge is 0.507 e. The lowest BCUT2D eigenvalue weighted by atomic mass is 9.95. The van der Waals surface area contributed by atoms with Crippen molar-refractivity contribution in [3.63, 3.8) is 0 Å². The number of aromatic hydroxyl groups is 1. The van der Waals surface area contributed by atoms with Crippen molar-refractivity contribution in [1.29, 1.82) is 0 Å². The van der Waals surface area contributed by atoms with Gasteiger partial charge in [0.15, 0.2) is 11.0 Å². The van der Waals surface area contributed by atoms with Crippen molar-refractivity contribution in [2.24, 2.45) is 0 Å². The van der Waals surface area contributed by atoms with Crippen LogP contribution in [-0.2, 0) is 0 Å². The van der Waals surface area contributed by atoms with Crippen LogP contribution in [0.4, 0.5) is 0 Å². The first-order chi connectivity index (χ1) is 19.8. The van der Waals surface area contributed by atoms with E-state index >= 15 is 0 Å². The average Bonchev–Trinajstić information content (AvgIpc) is 3.41. The molecule has 1 N–H and O–H groups in total. The van der Waals surface area contributed by atoms with E-state index in [1.54, 1.807) is 6.07 Å². The van der Waals surface area contributed by atoms with Crippen LogP contribution in [-0.4, -0.2) is 14.7 Å². The second kappa shape index (κ2) is 10.0. The summed E-state index contributed by atoms with van der Waals surface area (Å²) in [6.07, 6.45) is 2.12. The van der Waals surface area contributed by atoms with Gasteiger partial charge in [0, 0.05) is 22.8 Å². The summed E-state index contributed by atoms with van der Waals surface area (Å²) in [5, 5.41) is 10.5. The molecule has 0 spiro atoms. The molecule has 0 aliphatic rings. The highest BCUT2D eigenvalue weighted by Crippen LogP contribution is 2.34. The highest BCUT2D eigenvalue weighted by atomic mass is 16.3. The quantitative estimate of drug-likeness (QED) is 0.236. The number of rotatable bonds is 5. The number of para-hydroxylation sites is 4. The van der Waals surface area contributed by atoms with Crippen LogP contribution < -0.4 is 4.57 Å². The molecule has 0 bridgehead atoms. The van der Waals surface area contributed by atoms with E-state index in [1.807, 2.05) is 48.5 Å². The Kier molecular flexibility index (Phi) is 5.91. The molecule has 5 aromatic carbocycles. The van der Waals surface area contributed by atoms with Gasteiger partial charge in [-0.25, -0.2) is 4.98 Å². The van der Waals surface area contributed by atoms with E-state index in [-0.39, 0.29) is 5.75 Å². The zero-order valence-corrected chi connectivity index (χ0v) is 21.7. The number of phenols is 1. The number of hydrogen-bond acceptors (Lipinski definition) is 2. The van der Waals surface area contributed by atoms with Gasteiger partial charge < -0.3 is 5.11 Å². The number of aromatic nitrogens is 3. The number of nitrogens with zero attached hydrogens (tertiary/aromatic N) is 3. The van der Waals surface area contributed by atoms with Crippen LogP contribution in [0.15, 0.2) is 152 Å². The Labute approximate surface area is 232 Å². The van der Waals surface area contributed by atoms with E-state index in [0.717, 1.165) is 50.5 Å². The molecule has 7 aromatic rings. The van der Waals surface area contributed by atoms with E-state index < -0.39 is 0 Å². The molecule has 0 atom stereocenters. The highest BCUT2D eigenvalue weighted by molar-refractivity contribution is 5.84. The molecule has 0 amide bonds. The molecular formula is C36H26N3O+. The Morgan fingerprint density at radius 1 is 0.525 bits per heavy atom. The number of hydrogen-bond donors (Lipinski definition) is 1. The van der Waals surface area contributed by atoms with Gasteiger partial charge in [-0.05, 0) is 41.5 Å². The third kappa shape index (κ3) is 4.12.